The number of aromatic nitrogens is 1. The predicted molar refractivity (Wildman–Crippen MR) is 57.7 cm³/mol. The molecule has 15 heavy (non-hydrogen) atoms. The number of nitrogens with zero attached hydrogens (tertiary/aromatic N) is 2. The second-order valence-corrected chi connectivity index (χ2v) is 3.54. The van der Waals surface area contributed by atoms with Gasteiger partial charge in [0.25, 0.3) is 0 Å². The number of carbonyl (C=O) groups excluding carboxylic acids is 2. The average Bonchev–Trinajstić information content (AvgIpc) is 2.65. The fraction of sp³-hybridized carbons (Fsp3) is 0.455. The van der Waals surface area contributed by atoms with Crippen molar-refractivity contribution in [1.29, 1.82) is 0 Å². The van der Waals surface area contributed by atoms with Crippen LogP contribution in [0.1, 0.15) is 24.2 Å². The highest BCUT2D eigenvalue weighted by Gasteiger charge is 2.08. The van der Waals surface area contributed by atoms with E-state index in [9.17, 15) is 9.59 Å². The molecule has 0 aliphatic rings. The molecule has 1 heterocycles. The molecule has 0 spiro atoms. The summed E-state index contributed by atoms with van der Waals surface area (Å²) >= 11 is 0. The smallest absolute Gasteiger partial charge is 0.242 e. The second kappa shape index (κ2) is 4.77. The van der Waals surface area contributed by atoms with Gasteiger partial charge in [0.15, 0.2) is 5.78 Å². The lowest BCUT2D eigenvalue weighted by Crippen LogP contribution is -2.29. The maximum absolute atomic E-state index is 11.5. The Labute approximate surface area is 89.5 Å². The van der Waals surface area contributed by atoms with Crippen LogP contribution in [0.15, 0.2) is 18.5 Å². The van der Waals surface area contributed by atoms with Gasteiger partial charge in [-0.05, 0) is 19.9 Å². The molecule has 4 heteroatoms. The third-order valence-electron chi connectivity index (χ3n) is 2.37. The van der Waals surface area contributed by atoms with Crippen molar-refractivity contribution in [2.45, 2.75) is 20.4 Å². The predicted octanol–water partition coefficient (Wildman–Crippen LogP) is 1.17. The van der Waals surface area contributed by atoms with Gasteiger partial charge in [0.05, 0.1) is 0 Å². The minimum atomic E-state index is 0.0186. The number of carbonyl (C=O) groups is 2. The van der Waals surface area contributed by atoms with Crippen LogP contribution in [0.3, 0.4) is 0 Å². The molecule has 0 aromatic carbocycles. The van der Waals surface area contributed by atoms with Gasteiger partial charge in [0.1, 0.15) is 6.54 Å². The van der Waals surface area contributed by atoms with Gasteiger partial charge in [-0.1, -0.05) is 0 Å². The molecule has 4 nitrogen and oxygen atoms in total. The molecule has 0 fully saturated rings. The van der Waals surface area contributed by atoms with Gasteiger partial charge in [-0.15, -0.1) is 0 Å². The van der Waals surface area contributed by atoms with E-state index in [4.69, 9.17) is 0 Å². The topological polar surface area (TPSA) is 42.3 Å². The van der Waals surface area contributed by atoms with Crippen LogP contribution in [0.5, 0.6) is 0 Å². The number of ketones is 1. The molecule has 1 amide bonds. The van der Waals surface area contributed by atoms with Gasteiger partial charge in [0, 0.05) is 31.5 Å². The highest BCUT2D eigenvalue weighted by molar-refractivity contribution is 5.93. The van der Waals surface area contributed by atoms with Gasteiger partial charge in [0.2, 0.25) is 5.91 Å². The summed E-state index contributed by atoms with van der Waals surface area (Å²) in [5.41, 5.74) is 0.641. The zero-order valence-electron chi connectivity index (χ0n) is 9.36. The van der Waals surface area contributed by atoms with E-state index < -0.39 is 0 Å². The lowest BCUT2D eigenvalue weighted by Gasteiger charge is -2.14. The van der Waals surface area contributed by atoms with Gasteiger partial charge in [-0.25, -0.2) is 0 Å². The summed E-state index contributed by atoms with van der Waals surface area (Å²) in [6, 6.07) is 1.72. The Morgan fingerprint density at radius 1 is 1.47 bits per heavy atom. The lowest BCUT2D eigenvalue weighted by molar-refractivity contribution is -0.130. The standard InChI is InChI=1S/C11H16N2O2/c1-4-12(3)11(15)8-13-6-5-10(7-13)9(2)14/h5-7H,4,8H2,1-3H3. The molecular formula is C11H16N2O2. The number of amides is 1. The monoisotopic (exact) mass is 208 g/mol. The molecule has 0 radical (unpaired) electrons. The van der Waals surface area contributed by atoms with Crippen LogP contribution < -0.4 is 0 Å². The van der Waals surface area contributed by atoms with Crippen LogP contribution >= 0.6 is 0 Å². The quantitative estimate of drug-likeness (QED) is 0.697. The summed E-state index contributed by atoms with van der Waals surface area (Å²) in [5, 5.41) is 0. The summed E-state index contributed by atoms with van der Waals surface area (Å²) < 4.78 is 1.73. The van der Waals surface area contributed by atoms with Crippen LogP contribution in [0.25, 0.3) is 0 Å². The van der Waals surface area contributed by atoms with Crippen LogP contribution in [0.4, 0.5) is 0 Å². The minimum absolute atomic E-state index is 0.0186. The Balaban J connectivity index is 2.65. The van der Waals surface area contributed by atoms with Crippen molar-refractivity contribution in [3.63, 3.8) is 0 Å². The molecular weight excluding hydrogens is 192 g/mol. The molecule has 82 valence electrons. The second-order valence-electron chi connectivity index (χ2n) is 3.54. The van der Waals surface area contributed by atoms with Crippen LogP contribution in [0.2, 0.25) is 0 Å². The molecule has 0 bridgehead atoms. The van der Waals surface area contributed by atoms with Crippen molar-refractivity contribution in [3.8, 4) is 0 Å². The van der Waals surface area contributed by atoms with E-state index in [2.05, 4.69) is 0 Å². The van der Waals surface area contributed by atoms with E-state index in [1.165, 1.54) is 6.92 Å². The van der Waals surface area contributed by atoms with E-state index in [1.807, 2.05) is 6.92 Å². The summed E-state index contributed by atoms with van der Waals surface area (Å²) in [5.74, 6) is 0.0632. The summed E-state index contributed by atoms with van der Waals surface area (Å²) in [6.07, 6.45) is 3.45. The minimum Gasteiger partial charge on any atom is -0.344 e. The normalized spacial score (nSPS) is 10.1. The van der Waals surface area contributed by atoms with E-state index in [0.717, 1.165) is 0 Å². The fourth-order valence-electron chi connectivity index (χ4n) is 1.20. The van der Waals surface area contributed by atoms with E-state index in [-0.39, 0.29) is 18.2 Å². The van der Waals surface area contributed by atoms with Crippen molar-refractivity contribution in [2.24, 2.45) is 0 Å². The Kier molecular flexibility index (Phi) is 3.66. The Hall–Kier alpha value is -1.58. The van der Waals surface area contributed by atoms with Crippen molar-refractivity contribution < 1.29 is 9.59 Å². The van der Waals surface area contributed by atoms with Gasteiger partial charge < -0.3 is 9.47 Å². The van der Waals surface area contributed by atoms with Crippen LogP contribution in [0, 0.1) is 0 Å². The maximum Gasteiger partial charge on any atom is 0.242 e. The first-order valence-corrected chi connectivity index (χ1v) is 4.95. The number of hydrogen-bond acceptors (Lipinski definition) is 2. The lowest BCUT2D eigenvalue weighted by atomic mass is 10.2. The zero-order valence-corrected chi connectivity index (χ0v) is 9.36. The first kappa shape index (κ1) is 11.5. The zero-order chi connectivity index (χ0) is 11.4. The SMILES string of the molecule is CCN(C)C(=O)Cn1ccc(C(C)=O)c1. The third kappa shape index (κ3) is 2.94. The summed E-state index contributed by atoms with van der Waals surface area (Å²) in [7, 11) is 1.76. The largest absolute Gasteiger partial charge is 0.344 e. The maximum atomic E-state index is 11.5. The molecule has 0 unspecified atom stereocenters. The third-order valence-corrected chi connectivity index (χ3v) is 2.37. The molecule has 0 saturated carbocycles. The molecule has 0 atom stereocenters. The number of rotatable bonds is 4. The molecule has 1 aromatic heterocycles. The Bertz CT molecular complexity index is 368. The summed E-state index contributed by atoms with van der Waals surface area (Å²) in [6.45, 7) is 4.42. The Morgan fingerprint density at radius 3 is 2.60 bits per heavy atom. The van der Waals surface area contributed by atoms with E-state index >= 15 is 0 Å². The average molecular weight is 208 g/mol. The van der Waals surface area contributed by atoms with Crippen molar-refractivity contribution >= 4 is 11.7 Å². The fourth-order valence-corrected chi connectivity index (χ4v) is 1.20. The highest BCUT2D eigenvalue weighted by atomic mass is 16.2. The molecule has 1 rings (SSSR count). The van der Waals surface area contributed by atoms with Gasteiger partial charge in [-0.3, -0.25) is 9.59 Å². The molecule has 0 N–H and O–H groups in total. The van der Waals surface area contributed by atoms with Crippen molar-refractivity contribution in [2.75, 3.05) is 13.6 Å². The highest BCUT2D eigenvalue weighted by Crippen LogP contribution is 2.02. The molecule has 0 aliphatic heterocycles. The van der Waals surface area contributed by atoms with Crippen molar-refractivity contribution in [1.82, 2.24) is 9.47 Å². The summed E-state index contributed by atoms with van der Waals surface area (Å²) in [4.78, 5) is 24.2. The van der Waals surface area contributed by atoms with Crippen LogP contribution in [-0.4, -0.2) is 34.7 Å². The Morgan fingerprint density at radius 2 is 2.13 bits per heavy atom. The molecule has 0 saturated heterocycles. The van der Waals surface area contributed by atoms with Gasteiger partial charge >= 0.3 is 0 Å². The number of Topliss-reactive ketones (excluding diaryl/α,β-unsaturated/α-hetero) is 1. The van der Waals surface area contributed by atoms with E-state index in [0.29, 0.717) is 12.1 Å². The van der Waals surface area contributed by atoms with Crippen molar-refractivity contribution in [3.05, 3.63) is 24.0 Å². The van der Waals surface area contributed by atoms with E-state index in [1.54, 1.807) is 35.0 Å². The number of hydrogen-bond donors (Lipinski definition) is 0. The van der Waals surface area contributed by atoms with Gasteiger partial charge in [-0.2, -0.15) is 0 Å². The molecule has 1 aromatic rings. The number of likely N-dealkylation sites (N-methyl/N-ethyl adjacent to an activating group) is 1. The molecule has 0 aliphatic carbocycles. The first-order valence-electron chi connectivity index (χ1n) is 4.95. The van der Waals surface area contributed by atoms with Crippen LogP contribution in [-0.2, 0) is 11.3 Å². The first-order chi connectivity index (χ1) is 7.04.